The molecule has 0 aromatic heterocycles. The first-order valence-corrected chi connectivity index (χ1v) is 4.28. The summed E-state index contributed by atoms with van der Waals surface area (Å²) in [6, 6.07) is 0. The van der Waals surface area contributed by atoms with Gasteiger partial charge in [-0.05, 0) is 0 Å². The monoisotopic (exact) mass is 258 g/mol. The first kappa shape index (κ1) is 9.43. The van der Waals surface area contributed by atoms with Gasteiger partial charge in [-0.1, -0.05) is 38.8 Å². The SMILES string of the molecule is COC(=O)[C@@H](Br)[C@@H](C)Br. The van der Waals surface area contributed by atoms with Gasteiger partial charge in [0.05, 0.1) is 7.11 Å². The minimum atomic E-state index is -0.251. The van der Waals surface area contributed by atoms with Crippen LogP contribution in [0.5, 0.6) is 0 Å². The van der Waals surface area contributed by atoms with E-state index < -0.39 is 0 Å². The van der Waals surface area contributed by atoms with Gasteiger partial charge >= 0.3 is 5.97 Å². The number of hydrogen-bond donors (Lipinski definition) is 0. The Morgan fingerprint density at radius 1 is 1.56 bits per heavy atom. The molecule has 0 saturated carbocycles. The van der Waals surface area contributed by atoms with Crippen molar-refractivity contribution in [3.8, 4) is 0 Å². The highest BCUT2D eigenvalue weighted by Crippen LogP contribution is 2.14. The fraction of sp³-hybridized carbons (Fsp3) is 0.800. The van der Waals surface area contributed by atoms with Gasteiger partial charge in [-0.15, -0.1) is 0 Å². The third kappa shape index (κ3) is 3.20. The van der Waals surface area contributed by atoms with E-state index >= 15 is 0 Å². The van der Waals surface area contributed by atoms with E-state index in [1.165, 1.54) is 7.11 Å². The Labute approximate surface area is 71.2 Å². The second-order valence-corrected chi connectivity index (χ2v) is 4.03. The Balaban J connectivity index is 3.72. The van der Waals surface area contributed by atoms with Crippen LogP contribution in [0.25, 0.3) is 0 Å². The summed E-state index contributed by atoms with van der Waals surface area (Å²) in [7, 11) is 1.37. The van der Waals surface area contributed by atoms with Crippen LogP contribution in [0.15, 0.2) is 0 Å². The van der Waals surface area contributed by atoms with Crippen molar-refractivity contribution in [1.29, 1.82) is 0 Å². The Bertz CT molecular complexity index is 103. The fourth-order valence-corrected chi connectivity index (χ4v) is 0.703. The molecule has 2 nitrogen and oxygen atoms in total. The minimum absolute atomic E-state index is 0.102. The van der Waals surface area contributed by atoms with E-state index in [1.54, 1.807) is 0 Å². The number of ether oxygens (including phenoxy) is 1. The zero-order valence-electron chi connectivity index (χ0n) is 5.23. The van der Waals surface area contributed by atoms with Crippen molar-refractivity contribution < 1.29 is 9.53 Å². The maximum atomic E-state index is 10.7. The van der Waals surface area contributed by atoms with Crippen LogP contribution in [0.2, 0.25) is 0 Å². The lowest BCUT2D eigenvalue weighted by atomic mass is 10.3. The zero-order chi connectivity index (χ0) is 7.44. The summed E-state index contributed by atoms with van der Waals surface area (Å²) in [4.78, 5) is 10.5. The van der Waals surface area contributed by atoms with Crippen molar-refractivity contribution in [2.45, 2.75) is 16.6 Å². The summed E-state index contributed by atoms with van der Waals surface area (Å²) in [6.07, 6.45) is 0. The molecule has 2 atom stereocenters. The van der Waals surface area contributed by atoms with Crippen molar-refractivity contribution >= 4 is 37.8 Å². The molecule has 0 amide bonds. The van der Waals surface area contributed by atoms with E-state index in [2.05, 4.69) is 36.6 Å². The number of carbonyl (C=O) groups is 1. The Hall–Kier alpha value is 0.430. The molecule has 0 unspecified atom stereocenters. The number of hydrogen-bond acceptors (Lipinski definition) is 2. The number of rotatable bonds is 2. The van der Waals surface area contributed by atoms with Crippen LogP contribution in [0, 0.1) is 0 Å². The summed E-state index contributed by atoms with van der Waals surface area (Å²) in [5, 5.41) is 0. The van der Waals surface area contributed by atoms with E-state index in [9.17, 15) is 4.79 Å². The number of esters is 1. The predicted molar refractivity (Wildman–Crippen MR) is 43.1 cm³/mol. The fourth-order valence-electron chi connectivity index (χ4n) is 0.300. The van der Waals surface area contributed by atoms with Crippen LogP contribution in [0.3, 0.4) is 0 Å². The van der Waals surface area contributed by atoms with Crippen molar-refractivity contribution in [3.63, 3.8) is 0 Å². The third-order valence-electron chi connectivity index (χ3n) is 0.830. The molecule has 0 bridgehead atoms. The van der Waals surface area contributed by atoms with Gasteiger partial charge in [0.2, 0.25) is 0 Å². The van der Waals surface area contributed by atoms with E-state index in [0.717, 1.165) is 0 Å². The van der Waals surface area contributed by atoms with E-state index in [4.69, 9.17) is 0 Å². The van der Waals surface area contributed by atoms with Crippen LogP contribution >= 0.6 is 31.9 Å². The Morgan fingerprint density at radius 2 is 2.00 bits per heavy atom. The molecule has 0 N–H and O–H groups in total. The molecular weight excluding hydrogens is 252 g/mol. The van der Waals surface area contributed by atoms with Crippen molar-refractivity contribution in [3.05, 3.63) is 0 Å². The molecule has 54 valence electrons. The Morgan fingerprint density at radius 3 is 2.11 bits per heavy atom. The lowest BCUT2D eigenvalue weighted by Crippen LogP contribution is -2.22. The standard InChI is InChI=1S/C5H8Br2O2/c1-3(6)4(7)5(8)9-2/h3-4H,1-2H3/t3-,4+/m1/s1. The van der Waals surface area contributed by atoms with Gasteiger partial charge in [-0.25, -0.2) is 0 Å². The average molecular weight is 260 g/mol. The van der Waals surface area contributed by atoms with Crippen LogP contribution in [0.1, 0.15) is 6.92 Å². The minimum Gasteiger partial charge on any atom is -0.468 e. The van der Waals surface area contributed by atoms with Crippen molar-refractivity contribution in [2.24, 2.45) is 0 Å². The highest BCUT2D eigenvalue weighted by atomic mass is 79.9. The summed E-state index contributed by atoms with van der Waals surface area (Å²) in [6.45, 7) is 1.87. The third-order valence-corrected chi connectivity index (χ3v) is 3.23. The summed E-state index contributed by atoms with van der Waals surface area (Å²) in [5.41, 5.74) is 0. The van der Waals surface area contributed by atoms with Crippen LogP contribution < -0.4 is 0 Å². The zero-order valence-corrected chi connectivity index (χ0v) is 8.40. The van der Waals surface area contributed by atoms with E-state index in [1.807, 2.05) is 6.92 Å². The van der Waals surface area contributed by atoms with Gasteiger partial charge in [-0.2, -0.15) is 0 Å². The van der Waals surface area contributed by atoms with Crippen LogP contribution in [-0.2, 0) is 9.53 Å². The summed E-state index contributed by atoms with van der Waals surface area (Å²) in [5.74, 6) is -0.251. The second kappa shape index (κ2) is 4.28. The molecule has 0 aliphatic carbocycles. The summed E-state index contributed by atoms with van der Waals surface area (Å²) < 4.78 is 4.46. The average Bonchev–Trinajstić information content (AvgIpc) is 1.84. The van der Waals surface area contributed by atoms with Gasteiger partial charge in [0, 0.05) is 4.83 Å². The molecule has 0 spiro atoms. The topological polar surface area (TPSA) is 26.3 Å². The van der Waals surface area contributed by atoms with Gasteiger partial charge in [0.15, 0.2) is 0 Å². The first-order chi connectivity index (χ1) is 4.09. The molecule has 0 radical (unpaired) electrons. The van der Waals surface area contributed by atoms with E-state index in [0.29, 0.717) is 0 Å². The molecule has 0 aliphatic rings. The predicted octanol–water partition coefficient (Wildman–Crippen LogP) is 1.71. The van der Waals surface area contributed by atoms with Gasteiger partial charge < -0.3 is 4.74 Å². The highest BCUT2D eigenvalue weighted by Gasteiger charge is 2.19. The second-order valence-electron chi connectivity index (χ2n) is 1.60. The normalized spacial score (nSPS) is 16.4. The van der Waals surface area contributed by atoms with Gasteiger partial charge in [-0.3, -0.25) is 4.79 Å². The van der Waals surface area contributed by atoms with Gasteiger partial charge in [0.25, 0.3) is 0 Å². The lowest BCUT2D eigenvalue weighted by Gasteiger charge is -2.07. The first-order valence-electron chi connectivity index (χ1n) is 2.45. The number of methoxy groups -OCH3 is 1. The molecule has 0 saturated heterocycles. The van der Waals surface area contributed by atoms with Crippen molar-refractivity contribution in [2.75, 3.05) is 7.11 Å². The molecule has 0 heterocycles. The molecule has 0 aromatic carbocycles. The Kier molecular flexibility index (Phi) is 4.48. The van der Waals surface area contributed by atoms with E-state index in [-0.39, 0.29) is 15.6 Å². The molecular formula is C5H8Br2O2. The van der Waals surface area contributed by atoms with Crippen LogP contribution in [-0.4, -0.2) is 22.7 Å². The van der Waals surface area contributed by atoms with Gasteiger partial charge in [0.1, 0.15) is 4.83 Å². The smallest absolute Gasteiger partial charge is 0.320 e. The maximum absolute atomic E-state index is 10.7. The molecule has 4 heteroatoms. The molecule has 0 rings (SSSR count). The largest absolute Gasteiger partial charge is 0.468 e. The van der Waals surface area contributed by atoms with Crippen molar-refractivity contribution in [1.82, 2.24) is 0 Å². The molecule has 0 aromatic rings. The maximum Gasteiger partial charge on any atom is 0.320 e. The number of halogens is 2. The lowest BCUT2D eigenvalue weighted by molar-refractivity contribution is -0.139. The highest BCUT2D eigenvalue weighted by molar-refractivity contribution is 9.12. The number of alkyl halides is 2. The molecule has 0 fully saturated rings. The number of carbonyl (C=O) groups excluding carboxylic acids is 1. The molecule has 9 heavy (non-hydrogen) atoms. The quantitative estimate of drug-likeness (QED) is 0.558. The summed E-state index contributed by atoms with van der Waals surface area (Å²) >= 11 is 6.38. The molecule has 0 aliphatic heterocycles. The van der Waals surface area contributed by atoms with Crippen LogP contribution in [0.4, 0.5) is 0 Å².